The Hall–Kier alpha value is -0.770. The number of aryl methyl sites for hydroxylation is 1. The second-order valence-electron chi connectivity index (χ2n) is 4.74. The number of halogens is 1. The maximum absolute atomic E-state index is 10.0. The van der Waals surface area contributed by atoms with Gasteiger partial charge in [-0.2, -0.15) is 0 Å². The smallest absolute Gasteiger partial charge is 0.122 e. The molecular formula is C15H24ClNO2. The lowest BCUT2D eigenvalue weighted by Gasteiger charge is -2.19. The minimum absolute atomic E-state index is 0.153. The molecule has 3 N–H and O–H groups in total. The molecule has 0 aromatic heterocycles. The van der Waals surface area contributed by atoms with Crippen LogP contribution < -0.4 is 10.5 Å². The SMILES string of the molecule is CCCC(N)C(O)CCc1cc(Cl)ccc1OCC. The summed E-state index contributed by atoms with van der Waals surface area (Å²) < 4.78 is 5.56. The highest BCUT2D eigenvalue weighted by Crippen LogP contribution is 2.25. The summed E-state index contributed by atoms with van der Waals surface area (Å²) in [5.74, 6) is 0.836. The monoisotopic (exact) mass is 285 g/mol. The van der Waals surface area contributed by atoms with Gasteiger partial charge in [-0.05, 0) is 49.9 Å². The van der Waals surface area contributed by atoms with Crippen molar-refractivity contribution in [2.75, 3.05) is 6.61 Å². The van der Waals surface area contributed by atoms with Gasteiger partial charge in [-0.25, -0.2) is 0 Å². The Labute approximate surface area is 120 Å². The molecule has 0 aliphatic carbocycles. The molecule has 0 saturated carbocycles. The maximum Gasteiger partial charge on any atom is 0.122 e. The number of hydrogen-bond donors (Lipinski definition) is 2. The van der Waals surface area contributed by atoms with E-state index in [4.69, 9.17) is 22.1 Å². The first kappa shape index (κ1) is 16.3. The van der Waals surface area contributed by atoms with E-state index in [1.54, 1.807) is 0 Å². The predicted octanol–water partition coefficient (Wildman–Crippen LogP) is 3.16. The van der Waals surface area contributed by atoms with Crippen molar-refractivity contribution in [3.8, 4) is 5.75 Å². The Kier molecular flexibility index (Phi) is 7.21. The topological polar surface area (TPSA) is 55.5 Å². The molecule has 0 radical (unpaired) electrons. The summed E-state index contributed by atoms with van der Waals surface area (Å²) in [6.45, 7) is 4.63. The highest BCUT2D eigenvalue weighted by molar-refractivity contribution is 6.30. The lowest BCUT2D eigenvalue weighted by atomic mass is 9.99. The molecule has 1 aromatic rings. The lowest BCUT2D eigenvalue weighted by molar-refractivity contribution is 0.130. The largest absolute Gasteiger partial charge is 0.494 e. The van der Waals surface area contributed by atoms with Gasteiger partial charge in [0.25, 0.3) is 0 Å². The van der Waals surface area contributed by atoms with Gasteiger partial charge in [-0.3, -0.25) is 0 Å². The Morgan fingerprint density at radius 3 is 2.68 bits per heavy atom. The van der Waals surface area contributed by atoms with E-state index < -0.39 is 6.10 Å². The Balaban J connectivity index is 2.63. The van der Waals surface area contributed by atoms with E-state index in [-0.39, 0.29) is 6.04 Å². The molecule has 0 aliphatic rings. The average Bonchev–Trinajstić information content (AvgIpc) is 2.39. The van der Waals surface area contributed by atoms with Crippen LogP contribution in [0, 0.1) is 0 Å². The van der Waals surface area contributed by atoms with E-state index >= 15 is 0 Å². The van der Waals surface area contributed by atoms with E-state index in [9.17, 15) is 5.11 Å². The molecule has 0 fully saturated rings. The summed E-state index contributed by atoms with van der Waals surface area (Å²) in [4.78, 5) is 0. The van der Waals surface area contributed by atoms with Gasteiger partial charge in [0.05, 0.1) is 12.7 Å². The normalized spacial score (nSPS) is 14.2. The summed E-state index contributed by atoms with van der Waals surface area (Å²) in [5.41, 5.74) is 6.94. The van der Waals surface area contributed by atoms with Crippen molar-refractivity contribution in [1.29, 1.82) is 0 Å². The van der Waals surface area contributed by atoms with Gasteiger partial charge in [0.15, 0.2) is 0 Å². The van der Waals surface area contributed by atoms with Crippen molar-refractivity contribution < 1.29 is 9.84 Å². The van der Waals surface area contributed by atoms with Gasteiger partial charge in [0.2, 0.25) is 0 Å². The average molecular weight is 286 g/mol. The van der Waals surface area contributed by atoms with Crippen LogP contribution in [0.4, 0.5) is 0 Å². The van der Waals surface area contributed by atoms with Crippen molar-refractivity contribution in [2.45, 2.75) is 51.7 Å². The summed E-state index contributed by atoms with van der Waals surface area (Å²) in [5, 5.41) is 10.7. The van der Waals surface area contributed by atoms with Gasteiger partial charge in [0, 0.05) is 11.1 Å². The van der Waals surface area contributed by atoms with Crippen LogP contribution in [0.5, 0.6) is 5.75 Å². The fourth-order valence-corrected chi connectivity index (χ4v) is 2.28. The molecule has 2 atom stereocenters. The Morgan fingerprint density at radius 1 is 1.32 bits per heavy atom. The van der Waals surface area contributed by atoms with Crippen LogP contribution in [-0.4, -0.2) is 23.9 Å². The van der Waals surface area contributed by atoms with Crippen molar-refractivity contribution >= 4 is 11.6 Å². The van der Waals surface area contributed by atoms with Gasteiger partial charge in [-0.1, -0.05) is 24.9 Å². The third-order valence-corrected chi connectivity index (χ3v) is 3.38. The maximum atomic E-state index is 10.0. The molecule has 4 heteroatoms. The zero-order valence-electron chi connectivity index (χ0n) is 11.7. The zero-order chi connectivity index (χ0) is 14.3. The zero-order valence-corrected chi connectivity index (χ0v) is 12.5. The molecule has 0 bridgehead atoms. The Bertz CT molecular complexity index is 384. The van der Waals surface area contributed by atoms with E-state index in [0.717, 1.165) is 24.2 Å². The van der Waals surface area contributed by atoms with E-state index in [2.05, 4.69) is 6.92 Å². The van der Waals surface area contributed by atoms with Crippen LogP contribution >= 0.6 is 11.6 Å². The first-order valence-electron chi connectivity index (χ1n) is 6.93. The van der Waals surface area contributed by atoms with Crippen molar-refractivity contribution in [1.82, 2.24) is 0 Å². The van der Waals surface area contributed by atoms with Crippen LogP contribution in [0.1, 0.15) is 38.7 Å². The summed E-state index contributed by atoms with van der Waals surface area (Å²) >= 11 is 6.00. The minimum Gasteiger partial charge on any atom is -0.494 e. The van der Waals surface area contributed by atoms with E-state index in [1.807, 2.05) is 25.1 Å². The standard InChI is InChI=1S/C15H24ClNO2/c1-3-5-13(17)14(18)8-6-11-10-12(16)7-9-15(11)19-4-2/h7,9-10,13-14,18H,3-6,8,17H2,1-2H3. The van der Waals surface area contributed by atoms with Crippen LogP contribution in [-0.2, 0) is 6.42 Å². The van der Waals surface area contributed by atoms with Crippen LogP contribution in [0.2, 0.25) is 5.02 Å². The second kappa shape index (κ2) is 8.41. The molecule has 3 nitrogen and oxygen atoms in total. The number of benzene rings is 1. The second-order valence-corrected chi connectivity index (χ2v) is 5.18. The van der Waals surface area contributed by atoms with Gasteiger partial charge in [0.1, 0.15) is 5.75 Å². The number of rotatable bonds is 8. The molecular weight excluding hydrogens is 262 g/mol. The molecule has 0 saturated heterocycles. The quantitative estimate of drug-likeness (QED) is 0.771. The predicted molar refractivity (Wildman–Crippen MR) is 79.8 cm³/mol. The fraction of sp³-hybridized carbons (Fsp3) is 0.600. The molecule has 0 amide bonds. The Morgan fingerprint density at radius 2 is 2.05 bits per heavy atom. The number of aliphatic hydroxyl groups is 1. The van der Waals surface area contributed by atoms with Crippen molar-refractivity contribution in [3.05, 3.63) is 28.8 Å². The number of nitrogens with two attached hydrogens (primary N) is 1. The first-order valence-corrected chi connectivity index (χ1v) is 7.31. The molecule has 19 heavy (non-hydrogen) atoms. The molecule has 1 rings (SSSR count). The highest BCUT2D eigenvalue weighted by atomic mass is 35.5. The van der Waals surface area contributed by atoms with Crippen molar-refractivity contribution in [2.24, 2.45) is 5.73 Å². The number of ether oxygens (including phenoxy) is 1. The molecule has 0 spiro atoms. The molecule has 2 unspecified atom stereocenters. The summed E-state index contributed by atoms with van der Waals surface area (Å²) in [7, 11) is 0. The first-order chi connectivity index (χ1) is 9.08. The number of hydrogen-bond acceptors (Lipinski definition) is 3. The lowest BCUT2D eigenvalue weighted by Crippen LogP contribution is -2.34. The van der Waals surface area contributed by atoms with E-state index in [1.165, 1.54) is 0 Å². The summed E-state index contributed by atoms with van der Waals surface area (Å²) in [6.07, 6.45) is 2.69. The highest BCUT2D eigenvalue weighted by Gasteiger charge is 2.15. The molecule has 0 aliphatic heterocycles. The molecule has 1 aromatic carbocycles. The van der Waals surface area contributed by atoms with Gasteiger partial charge < -0.3 is 15.6 Å². The fourth-order valence-electron chi connectivity index (χ4n) is 2.08. The van der Waals surface area contributed by atoms with Crippen LogP contribution in [0.3, 0.4) is 0 Å². The van der Waals surface area contributed by atoms with Gasteiger partial charge >= 0.3 is 0 Å². The minimum atomic E-state index is -0.478. The molecule has 108 valence electrons. The molecule has 0 heterocycles. The number of aliphatic hydroxyl groups excluding tert-OH is 1. The third-order valence-electron chi connectivity index (χ3n) is 3.15. The van der Waals surface area contributed by atoms with Crippen molar-refractivity contribution in [3.63, 3.8) is 0 Å². The van der Waals surface area contributed by atoms with Gasteiger partial charge in [-0.15, -0.1) is 0 Å². The van der Waals surface area contributed by atoms with E-state index in [0.29, 0.717) is 24.5 Å². The van der Waals surface area contributed by atoms with Crippen LogP contribution in [0.15, 0.2) is 18.2 Å². The van der Waals surface area contributed by atoms with Crippen LogP contribution in [0.25, 0.3) is 0 Å². The third kappa shape index (κ3) is 5.39. The summed E-state index contributed by atoms with van der Waals surface area (Å²) in [6, 6.07) is 5.43.